The summed E-state index contributed by atoms with van der Waals surface area (Å²) in [6.45, 7) is 2.33. The fraction of sp³-hybridized carbons (Fsp3) is 0.0769. The number of halogens is 1. The van der Waals surface area contributed by atoms with Gasteiger partial charge in [0.1, 0.15) is 0 Å². The Kier molecular flexibility index (Phi) is 3.70. The summed E-state index contributed by atoms with van der Waals surface area (Å²) in [6, 6.07) is 34.2. The van der Waals surface area contributed by atoms with E-state index >= 15 is 0 Å². The Morgan fingerprint density at radius 3 is 2.00 bits per heavy atom. The summed E-state index contributed by atoms with van der Waals surface area (Å²) in [5, 5.41) is 0.816. The van der Waals surface area contributed by atoms with Gasteiger partial charge in [-0.3, -0.25) is 0 Å². The molecule has 0 heterocycles. The molecule has 130 valence electrons. The summed E-state index contributed by atoms with van der Waals surface area (Å²) < 4.78 is 0. The standard InChI is InChI=1S/C26H19Cl/c1-26(19-12-6-3-7-13-19)22-15-9-8-14-21(22)24-23(27)17-16-20(25(24)26)18-10-4-2-5-11-18/h2-17H,1H3. The summed E-state index contributed by atoms with van der Waals surface area (Å²) >= 11 is 6.77. The molecule has 0 nitrogen and oxygen atoms in total. The largest absolute Gasteiger partial charge is 0.0837 e. The van der Waals surface area contributed by atoms with E-state index in [1.165, 1.54) is 38.9 Å². The lowest BCUT2D eigenvalue weighted by atomic mass is 9.72. The molecule has 0 amide bonds. The van der Waals surface area contributed by atoms with Crippen molar-refractivity contribution in [3.63, 3.8) is 0 Å². The Bertz CT molecular complexity index is 1130. The third-order valence-corrected chi connectivity index (χ3v) is 6.14. The van der Waals surface area contributed by atoms with E-state index in [1.807, 2.05) is 6.07 Å². The van der Waals surface area contributed by atoms with E-state index in [2.05, 4.69) is 97.9 Å². The molecular weight excluding hydrogens is 348 g/mol. The molecule has 5 rings (SSSR count). The first-order valence-corrected chi connectivity index (χ1v) is 9.63. The minimum atomic E-state index is -0.247. The molecule has 4 aromatic rings. The number of rotatable bonds is 2. The second-order valence-electron chi connectivity index (χ2n) is 7.25. The fourth-order valence-corrected chi connectivity index (χ4v) is 4.82. The van der Waals surface area contributed by atoms with Gasteiger partial charge in [-0.05, 0) is 46.4 Å². The maximum atomic E-state index is 6.77. The summed E-state index contributed by atoms with van der Waals surface area (Å²) in [4.78, 5) is 0. The van der Waals surface area contributed by atoms with E-state index in [4.69, 9.17) is 11.6 Å². The van der Waals surface area contributed by atoms with Crippen LogP contribution in [0.1, 0.15) is 23.6 Å². The van der Waals surface area contributed by atoms with Crippen LogP contribution < -0.4 is 0 Å². The van der Waals surface area contributed by atoms with Crippen LogP contribution in [0, 0.1) is 0 Å². The van der Waals surface area contributed by atoms with E-state index in [0.29, 0.717) is 0 Å². The minimum absolute atomic E-state index is 0.247. The van der Waals surface area contributed by atoms with Gasteiger partial charge < -0.3 is 0 Å². The highest BCUT2D eigenvalue weighted by Gasteiger charge is 2.43. The topological polar surface area (TPSA) is 0 Å². The van der Waals surface area contributed by atoms with E-state index in [1.54, 1.807) is 0 Å². The van der Waals surface area contributed by atoms with Crippen molar-refractivity contribution in [2.24, 2.45) is 0 Å². The maximum Gasteiger partial charge on any atom is 0.0488 e. The SMILES string of the molecule is CC1(c2ccccc2)c2ccccc2-c2c(Cl)ccc(-c3ccccc3)c21. The van der Waals surface area contributed by atoms with Crippen LogP contribution in [0.15, 0.2) is 97.1 Å². The molecule has 0 aliphatic heterocycles. The molecule has 0 aromatic heterocycles. The predicted molar refractivity (Wildman–Crippen MR) is 114 cm³/mol. The van der Waals surface area contributed by atoms with Crippen LogP contribution in [0.25, 0.3) is 22.3 Å². The fourth-order valence-electron chi connectivity index (χ4n) is 4.56. The summed E-state index contributed by atoms with van der Waals surface area (Å²) in [7, 11) is 0. The summed E-state index contributed by atoms with van der Waals surface area (Å²) in [5.41, 5.74) is 8.53. The van der Waals surface area contributed by atoms with Crippen LogP contribution in [0.4, 0.5) is 0 Å². The van der Waals surface area contributed by atoms with Crippen molar-refractivity contribution in [3.8, 4) is 22.3 Å². The molecule has 0 saturated carbocycles. The lowest BCUT2D eigenvalue weighted by Crippen LogP contribution is -2.23. The molecule has 0 bridgehead atoms. The second-order valence-corrected chi connectivity index (χ2v) is 7.65. The zero-order chi connectivity index (χ0) is 18.4. The normalized spacial score (nSPS) is 17.4. The molecule has 0 fully saturated rings. The number of hydrogen-bond acceptors (Lipinski definition) is 0. The quantitative estimate of drug-likeness (QED) is 0.348. The van der Waals surface area contributed by atoms with Gasteiger partial charge in [0.2, 0.25) is 0 Å². The second kappa shape index (κ2) is 6.11. The smallest absolute Gasteiger partial charge is 0.0488 e. The average molecular weight is 367 g/mol. The number of fused-ring (bicyclic) bond motifs is 3. The van der Waals surface area contributed by atoms with Crippen LogP contribution in [-0.4, -0.2) is 0 Å². The van der Waals surface area contributed by atoms with Gasteiger partial charge in [-0.2, -0.15) is 0 Å². The average Bonchev–Trinajstić information content (AvgIpc) is 3.01. The maximum absolute atomic E-state index is 6.77. The van der Waals surface area contributed by atoms with Crippen molar-refractivity contribution >= 4 is 11.6 Å². The highest BCUT2D eigenvalue weighted by Crippen LogP contribution is 2.57. The Hall–Kier alpha value is -2.83. The first-order valence-electron chi connectivity index (χ1n) is 9.25. The Morgan fingerprint density at radius 2 is 1.26 bits per heavy atom. The Balaban J connectivity index is 1.93. The van der Waals surface area contributed by atoms with Crippen LogP contribution >= 0.6 is 11.6 Å². The molecule has 4 aromatic carbocycles. The third kappa shape index (κ3) is 2.30. The van der Waals surface area contributed by atoms with E-state index in [0.717, 1.165) is 5.02 Å². The lowest BCUT2D eigenvalue weighted by molar-refractivity contribution is 0.716. The minimum Gasteiger partial charge on any atom is -0.0837 e. The third-order valence-electron chi connectivity index (χ3n) is 5.83. The Labute approximate surface area is 165 Å². The van der Waals surface area contributed by atoms with Gasteiger partial charge in [0.25, 0.3) is 0 Å². The molecule has 1 unspecified atom stereocenters. The van der Waals surface area contributed by atoms with Crippen LogP contribution in [0.2, 0.25) is 5.02 Å². The van der Waals surface area contributed by atoms with E-state index in [9.17, 15) is 0 Å². The van der Waals surface area contributed by atoms with Gasteiger partial charge in [0, 0.05) is 16.0 Å². The van der Waals surface area contributed by atoms with Crippen molar-refractivity contribution < 1.29 is 0 Å². The molecule has 27 heavy (non-hydrogen) atoms. The summed E-state index contributed by atoms with van der Waals surface area (Å²) in [5.74, 6) is 0. The molecule has 0 radical (unpaired) electrons. The van der Waals surface area contributed by atoms with Gasteiger partial charge in [0.15, 0.2) is 0 Å². The highest BCUT2D eigenvalue weighted by molar-refractivity contribution is 6.34. The first-order chi connectivity index (χ1) is 13.2. The van der Waals surface area contributed by atoms with Gasteiger partial charge in [-0.1, -0.05) is 103 Å². The molecule has 1 heteroatoms. The zero-order valence-electron chi connectivity index (χ0n) is 15.1. The van der Waals surface area contributed by atoms with Gasteiger partial charge in [0.05, 0.1) is 0 Å². The molecule has 1 atom stereocenters. The lowest BCUT2D eigenvalue weighted by Gasteiger charge is -2.30. The molecule has 1 aliphatic carbocycles. The molecule has 0 saturated heterocycles. The van der Waals surface area contributed by atoms with Crippen molar-refractivity contribution in [2.45, 2.75) is 12.3 Å². The zero-order valence-corrected chi connectivity index (χ0v) is 15.9. The molecule has 1 aliphatic rings. The van der Waals surface area contributed by atoms with Gasteiger partial charge in [-0.25, -0.2) is 0 Å². The number of hydrogen-bond donors (Lipinski definition) is 0. The van der Waals surface area contributed by atoms with Crippen LogP contribution in [-0.2, 0) is 5.41 Å². The monoisotopic (exact) mass is 366 g/mol. The van der Waals surface area contributed by atoms with Crippen molar-refractivity contribution in [3.05, 3.63) is 119 Å². The van der Waals surface area contributed by atoms with E-state index < -0.39 is 0 Å². The first kappa shape index (κ1) is 16.4. The van der Waals surface area contributed by atoms with Crippen molar-refractivity contribution in [1.82, 2.24) is 0 Å². The highest BCUT2D eigenvalue weighted by atomic mass is 35.5. The van der Waals surface area contributed by atoms with Crippen molar-refractivity contribution in [2.75, 3.05) is 0 Å². The van der Waals surface area contributed by atoms with Crippen LogP contribution in [0.3, 0.4) is 0 Å². The predicted octanol–water partition coefficient (Wildman–Crippen LogP) is 7.34. The summed E-state index contributed by atoms with van der Waals surface area (Å²) in [6.07, 6.45) is 0. The molecule has 0 spiro atoms. The van der Waals surface area contributed by atoms with E-state index in [-0.39, 0.29) is 5.41 Å². The van der Waals surface area contributed by atoms with Crippen molar-refractivity contribution in [1.29, 1.82) is 0 Å². The van der Waals surface area contributed by atoms with Gasteiger partial charge >= 0.3 is 0 Å². The molecular formula is C26H19Cl. The van der Waals surface area contributed by atoms with Crippen LogP contribution in [0.5, 0.6) is 0 Å². The van der Waals surface area contributed by atoms with Gasteiger partial charge in [-0.15, -0.1) is 0 Å². The Morgan fingerprint density at radius 1 is 0.630 bits per heavy atom. The molecule has 0 N–H and O–H groups in total. The number of benzene rings is 4.